The number of anilines is 1. The Morgan fingerprint density at radius 2 is 2.33 bits per heavy atom. The van der Waals surface area contributed by atoms with Crippen molar-refractivity contribution in [2.45, 2.75) is 18.9 Å². The SMILES string of the molecule is CN1CCCC(Nc2ccc(C(N)=S)cc2F)C1. The predicted octanol–water partition coefficient (Wildman–Crippen LogP) is 1.97. The number of hydrogen-bond donors (Lipinski definition) is 2. The summed E-state index contributed by atoms with van der Waals surface area (Å²) in [7, 11) is 2.08. The van der Waals surface area contributed by atoms with Crippen LogP contribution in [-0.4, -0.2) is 36.1 Å². The van der Waals surface area contributed by atoms with E-state index in [-0.39, 0.29) is 10.8 Å². The predicted molar refractivity (Wildman–Crippen MR) is 76.4 cm³/mol. The lowest BCUT2D eigenvalue weighted by Gasteiger charge is -2.31. The minimum atomic E-state index is -0.298. The number of likely N-dealkylation sites (tertiary alicyclic amines) is 1. The van der Waals surface area contributed by atoms with Gasteiger partial charge < -0.3 is 16.0 Å². The number of halogens is 1. The third-order valence-electron chi connectivity index (χ3n) is 3.24. The Morgan fingerprint density at radius 1 is 1.56 bits per heavy atom. The fourth-order valence-electron chi connectivity index (χ4n) is 2.29. The molecule has 0 bridgehead atoms. The number of piperidine rings is 1. The van der Waals surface area contributed by atoms with E-state index in [2.05, 4.69) is 17.3 Å². The lowest BCUT2D eigenvalue weighted by molar-refractivity contribution is 0.260. The van der Waals surface area contributed by atoms with Crippen molar-refractivity contribution < 1.29 is 4.39 Å². The van der Waals surface area contributed by atoms with E-state index in [4.69, 9.17) is 18.0 Å². The fourth-order valence-corrected chi connectivity index (χ4v) is 2.42. The minimum absolute atomic E-state index is 0.220. The van der Waals surface area contributed by atoms with E-state index >= 15 is 0 Å². The van der Waals surface area contributed by atoms with Gasteiger partial charge in [-0.05, 0) is 44.6 Å². The molecule has 1 atom stereocenters. The fraction of sp³-hybridized carbons (Fsp3) is 0.462. The van der Waals surface area contributed by atoms with E-state index in [1.807, 2.05) is 0 Å². The van der Waals surface area contributed by atoms with E-state index in [9.17, 15) is 4.39 Å². The largest absolute Gasteiger partial charge is 0.389 e. The summed E-state index contributed by atoms with van der Waals surface area (Å²) < 4.78 is 13.9. The van der Waals surface area contributed by atoms with Crippen LogP contribution in [0.15, 0.2) is 18.2 Å². The molecule has 18 heavy (non-hydrogen) atoms. The Kier molecular flexibility index (Phi) is 4.14. The number of benzene rings is 1. The van der Waals surface area contributed by atoms with Gasteiger partial charge in [0.2, 0.25) is 0 Å². The number of nitrogens with zero attached hydrogens (tertiary/aromatic N) is 1. The van der Waals surface area contributed by atoms with Crippen LogP contribution in [0, 0.1) is 5.82 Å². The molecule has 98 valence electrons. The van der Waals surface area contributed by atoms with Gasteiger partial charge in [-0.1, -0.05) is 12.2 Å². The Balaban J connectivity index is 2.07. The maximum atomic E-state index is 13.9. The second kappa shape index (κ2) is 5.63. The molecule has 0 amide bonds. The van der Waals surface area contributed by atoms with E-state index < -0.39 is 0 Å². The number of thiocarbonyl (C=S) groups is 1. The van der Waals surface area contributed by atoms with Crippen LogP contribution in [0.5, 0.6) is 0 Å². The number of rotatable bonds is 3. The number of nitrogens with two attached hydrogens (primary N) is 1. The van der Waals surface area contributed by atoms with Crippen molar-refractivity contribution in [1.29, 1.82) is 0 Å². The highest BCUT2D eigenvalue weighted by atomic mass is 32.1. The molecular formula is C13H18FN3S. The monoisotopic (exact) mass is 267 g/mol. The maximum Gasteiger partial charge on any atom is 0.146 e. The summed E-state index contributed by atoms with van der Waals surface area (Å²) in [6, 6.07) is 5.14. The van der Waals surface area contributed by atoms with Gasteiger partial charge in [-0.25, -0.2) is 4.39 Å². The first-order valence-corrected chi connectivity index (χ1v) is 6.51. The highest BCUT2D eigenvalue weighted by Crippen LogP contribution is 2.19. The van der Waals surface area contributed by atoms with Gasteiger partial charge in [-0.3, -0.25) is 0 Å². The quantitative estimate of drug-likeness (QED) is 0.822. The molecule has 0 saturated carbocycles. The first-order chi connectivity index (χ1) is 8.56. The molecule has 0 spiro atoms. The van der Waals surface area contributed by atoms with Crippen molar-refractivity contribution in [2.75, 3.05) is 25.5 Å². The van der Waals surface area contributed by atoms with Crippen LogP contribution in [0.2, 0.25) is 0 Å². The van der Waals surface area contributed by atoms with Crippen LogP contribution in [0.3, 0.4) is 0 Å². The molecule has 1 saturated heterocycles. The zero-order valence-electron chi connectivity index (χ0n) is 10.4. The topological polar surface area (TPSA) is 41.3 Å². The van der Waals surface area contributed by atoms with Gasteiger partial charge >= 0.3 is 0 Å². The molecule has 1 aromatic rings. The Hall–Kier alpha value is -1.20. The molecule has 5 heteroatoms. The third kappa shape index (κ3) is 3.17. The highest BCUT2D eigenvalue weighted by molar-refractivity contribution is 7.80. The Bertz CT molecular complexity index is 450. The molecule has 0 radical (unpaired) electrons. The molecule has 0 aliphatic carbocycles. The van der Waals surface area contributed by atoms with Crippen molar-refractivity contribution in [1.82, 2.24) is 4.90 Å². The second-order valence-electron chi connectivity index (χ2n) is 4.80. The summed E-state index contributed by atoms with van der Waals surface area (Å²) in [4.78, 5) is 2.47. The molecule has 3 nitrogen and oxygen atoms in total. The van der Waals surface area contributed by atoms with Gasteiger partial charge in [-0.15, -0.1) is 0 Å². The molecule has 0 aromatic heterocycles. The zero-order chi connectivity index (χ0) is 13.1. The lowest BCUT2D eigenvalue weighted by Crippen LogP contribution is -2.39. The molecule has 1 fully saturated rings. The van der Waals surface area contributed by atoms with Gasteiger partial charge in [0, 0.05) is 18.2 Å². The van der Waals surface area contributed by atoms with Crippen LogP contribution < -0.4 is 11.1 Å². The smallest absolute Gasteiger partial charge is 0.146 e. The van der Waals surface area contributed by atoms with Crippen molar-refractivity contribution in [3.05, 3.63) is 29.6 Å². The third-order valence-corrected chi connectivity index (χ3v) is 3.47. The molecule has 1 aliphatic heterocycles. The van der Waals surface area contributed by atoms with Crippen LogP contribution >= 0.6 is 12.2 Å². The van der Waals surface area contributed by atoms with Crippen LogP contribution in [0.25, 0.3) is 0 Å². The van der Waals surface area contributed by atoms with Gasteiger partial charge in [0.1, 0.15) is 10.8 Å². The van der Waals surface area contributed by atoms with Crippen molar-refractivity contribution in [2.24, 2.45) is 5.73 Å². The highest BCUT2D eigenvalue weighted by Gasteiger charge is 2.18. The van der Waals surface area contributed by atoms with Gasteiger partial charge in [0.05, 0.1) is 5.69 Å². The van der Waals surface area contributed by atoms with E-state index in [1.165, 1.54) is 6.07 Å². The lowest BCUT2D eigenvalue weighted by atomic mass is 10.1. The van der Waals surface area contributed by atoms with Crippen LogP contribution in [0.1, 0.15) is 18.4 Å². The molecule has 1 aromatic carbocycles. The molecule has 1 heterocycles. The van der Waals surface area contributed by atoms with Crippen molar-refractivity contribution >= 4 is 22.9 Å². The average Bonchev–Trinajstić information content (AvgIpc) is 2.31. The van der Waals surface area contributed by atoms with E-state index in [0.717, 1.165) is 25.9 Å². The first-order valence-electron chi connectivity index (χ1n) is 6.10. The van der Waals surface area contributed by atoms with Crippen molar-refractivity contribution in [3.63, 3.8) is 0 Å². The van der Waals surface area contributed by atoms with Gasteiger partial charge in [0.15, 0.2) is 0 Å². The Labute approximate surface area is 112 Å². The first kappa shape index (κ1) is 13.2. The van der Waals surface area contributed by atoms with Crippen molar-refractivity contribution in [3.8, 4) is 0 Å². The minimum Gasteiger partial charge on any atom is -0.389 e. The average molecular weight is 267 g/mol. The summed E-state index contributed by atoms with van der Waals surface area (Å²) >= 11 is 4.83. The molecular weight excluding hydrogens is 249 g/mol. The molecule has 2 rings (SSSR count). The standard InChI is InChI=1S/C13H18FN3S/c1-17-6-2-3-10(8-17)16-12-5-4-9(13(15)18)7-11(12)14/h4-5,7,10,16H,2-3,6,8H2,1H3,(H2,15,18). The van der Waals surface area contributed by atoms with E-state index in [0.29, 0.717) is 17.3 Å². The molecule has 1 unspecified atom stereocenters. The molecule has 3 N–H and O–H groups in total. The maximum absolute atomic E-state index is 13.9. The number of nitrogens with one attached hydrogen (secondary N) is 1. The van der Waals surface area contributed by atoms with Gasteiger partial charge in [0.25, 0.3) is 0 Å². The summed E-state index contributed by atoms with van der Waals surface area (Å²) in [6.45, 7) is 2.05. The van der Waals surface area contributed by atoms with Crippen LogP contribution in [0.4, 0.5) is 10.1 Å². The number of likely N-dealkylation sites (N-methyl/N-ethyl adjacent to an activating group) is 1. The number of hydrogen-bond acceptors (Lipinski definition) is 3. The van der Waals surface area contributed by atoms with Gasteiger partial charge in [-0.2, -0.15) is 0 Å². The summed E-state index contributed by atoms with van der Waals surface area (Å²) in [6.07, 6.45) is 2.21. The zero-order valence-corrected chi connectivity index (χ0v) is 11.3. The summed E-state index contributed by atoms with van der Waals surface area (Å²) in [5.41, 5.74) is 6.56. The normalized spacial score (nSPS) is 20.7. The molecule has 1 aliphatic rings. The summed E-state index contributed by atoms with van der Waals surface area (Å²) in [5, 5.41) is 3.24. The Morgan fingerprint density at radius 3 is 2.94 bits per heavy atom. The summed E-state index contributed by atoms with van der Waals surface area (Å²) in [5.74, 6) is -0.298. The van der Waals surface area contributed by atoms with E-state index in [1.54, 1.807) is 12.1 Å². The van der Waals surface area contributed by atoms with Crippen LogP contribution in [-0.2, 0) is 0 Å². The second-order valence-corrected chi connectivity index (χ2v) is 5.24.